The fraction of sp³-hybridized carbons (Fsp3) is 0.511. The first-order valence-electron chi connectivity index (χ1n) is 21.2. The standard InChI is InChI=1S/C45H53N7O8/c1-46-44(58)50-14-9-30-33(23-48(2)41(55)34(30)25-50)26-19-37(59-3)35(38(20-26)60-4)24-49-15-12-45(13-16-49)10-7-29(8-11-45)51-21-27-17-31-32(18-28(27)22-51)43(57)52(42(31)56)36-5-6-39(53)47-40(36)54/h17-20,23,29,36H,5-16,21-22,24-25H2,1-4H3,(H,46,58)(H,47,53,54). The molecule has 60 heavy (non-hydrogen) atoms. The van der Waals surface area contributed by atoms with E-state index in [1.807, 2.05) is 30.5 Å². The minimum atomic E-state index is -0.961. The molecule has 2 N–H and O–H groups in total. The summed E-state index contributed by atoms with van der Waals surface area (Å²) in [6.07, 6.45) is 9.49. The van der Waals surface area contributed by atoms with Crippen LogP contribution in [-0.2, 0) is 49.2 Å². The Balaban J connectivity index is 0.826. The number of nitrogens with one attached hydrogen (secondary N) is 2. The molecule has 9 rings (SSSR count). The van der Waals surface area contributed by atoms with Crippen molar-refractivity contribution >= 4 is 29.7 Å². The predicted octanol–water partition coefficient (Wildman–Crippen LogP) is 3.71. The third kappa shape index (κ3) is 6.85. The van der Waals surface area contributed by atoms with Crippen LogP contribution in [0.4, 0.5) is 4.79 Å². The largest absolute Gasteiger partial charge is 0.496 e. The van der Waals surface area contributed by atoms with Gasteiger partial charge in [-0.3, -0.25) is 44.0 Å². The van der Waals surface area contributed by atoms with E-state index in [1.165, 1.54) is 12.8 Å². The van der Waals surface area contributed by atoms with Gasteiger partial charge in [0, 0.05) is 70.1 Å². The third-order valence-electron chi connectivity index (χ3n) is 14.3. The fourth-order valence-corrected chi connectivity index (χ4v) is 10.8. The van der Waals surface area contributed by atoms with E-state index in [-0.39, 0.29) is 36.9 Å². The van der Waals surface area contributed by atoms with Crippen molar-refractivity contribution in [2.45, 2.75) is 96.1 Å². The lowest BCUT2D eigenvalue weighted by Crippen LogP contribution is -2.54. The van der Waals surface area contributed by atoms with E-state index in [1.54, 1.807) is 37.8 Å². The number of piperidine rings is 2. The van der Waals surface area contributed by atoms with Gasteiger partial charge < -0.3 is 24.3 Å². The van der Waals surface area contributed by atoms with E-state index >= 15 is 0 Å². The van der Waals surface area contributed by atoms with Gasteiger partial charge in [0.1, 0.15) is 17.5 Å². The Labute approximate surface area is 348 Å². The number of fused-ring (bicyclic) bond motifs is 3. The molecule has 1 saturated carbocycles. The van der Waals surface area contributed by atoms with Crippen molar-refractivity contribution < 1.29 is 33.4 Å². The zero-order valence-electron chi connectivity index (χ0n) is 34.9. The summed E-state index contributed by atoms with van der Waals surface area (Å²) in [7, 11) is 6.72. The third-order valence-corrected chi connectivity index (χ3v) is 14.3. The molecule has 1 aromatic heterocycles. The summed E-state index contributed by atoms with van der Waals surface area (Å²) in [4.78, 5) is 84.4. The first-order chi connectivity index (χ1) is 28.9. The molecule has 6 heterocycles. The number of nitrogens with zero attached hydrogens (tertiary/aromatic N) is 5. The number of aromatic nitrogens is 1. The number of hydrogen-bond acceptors (Lipinski definition) is 10. The minimum Gasteiger partial charge on any atom is -0.496 e. The van der Waals surface area contributed by atoms with Crippen molar-refractivity contribution in [2.75, 3.05) is 40.9 Å². The normalized spacial score (nSPS) is 21.8. The average Bonchev–Trinajstić information content (AvgIpc) is 3.78. The molecule has 6 aliphatic rings. The molecule has 3 aromatic rings. The van der Waals surface area contributed by atoms with Crippen LogP contribution < -0.4 is 25.7 Å². The fourth-order valence-electron chi connectivity index (χ4n) is 10.8. The number of methoxy groups -OCH3 is 2. The Morgan fingerprint density at radius 2 is 1.43 bits per heavy atom. The highest BCUT2D eigenvalue weighted by Crippen LogP contribution is 2.48. The molecule has 5 aliphatic heterocycles. The van der Waals surface area contributed by atoms with Gasteiger partial charge >= 0.3 is 6.03 Å². The van der Waals surface area contributed by atoms with Crippen LogP contribution in [0.3, 0.4) is 0 Å². The van der Waals surface area contributed by atoms with Gasteiger partial charge in [-0.1, -0.05) is 0 Å². The first kappa shape index (κ1) is 39.9. The van der Waals surface area contributed by atoms with Crippen molar-refractivity contribution in [3.05, 3.63) is 79.8 Å². The van der Waals surface area contributed by atoms with Crippen LogP contribution in [0, 0.1) is 5.41 Å². The predicted molar refractivity (Wildman–Crippen MR) is 220 cm³/mol. The Morgan fingerprint density at radius 3 is 2.02 bits per heavy atom. The molecular formula is C45H53N7O8. The van der Waals surface area contributed by atoms with Gasteiger partial charge in [0.05, 0.1) is 37.5 Å². The molecule has 15 heteroatoms. The zero-order valence-corrected chi connectivity index (χ0v) is 34.9. The highest BCUT2D eigenvalue weighted by molar-refractivity contribution is 6.23. The van der Waals surface area contributed by atoms with E-state index in [0.717, 1.165) is 102 Å². The zero-order chi connectivity index (χ0) is 42.0. The molecule has 15 nitrogen and oxygen atoms in total. The number of hydrogen-bond donors (Lipinski definition) is 2. The van der Waals surface area contributed by atoms with Crippen LogP contribution in [-0.4, -0.2) is 107 Å². The quantitative estimate of drug-likeness (QED) is 0.337. The second-order valence-electron chi connectivity index (χ2n) is 17.5. The molecule has 0 radical (unpaired) electrons. The molecule has 1 atom stereocenters. The molecular weight excluding hydrogens is 767 g/mol. The summed E-state index contributed by atoms with van der Waals surface area (Å²) in [5.41, 5.74) is 7.48. The SMILES string of the molecule is CNC(=O)N1CCc2c(-c3cc(OC)c(CN4CCC5(CCC(N6Cc7cc8c(cc7C6)C(=O)N(C6CCC(=O)NC6=O)C8=O)CC5)CC4)c(OC)c3)cn(C)c(=O)c2C1. The highest BCUT2D eigenvalue weighted by Gasteiger charge is 2.46. The summed E-state index contributed by atoms with van der Waals surface area (Å²) in [5.74, 6) is -0.402. The molecule has 3 fully saturated rings. The lowest BCUT2D eigenvalue weighted by atomic mass is 9.66. The van der Waals surface area contributed by atoms with Gasteiger partial charge in [-0.2, -0.15) is 0 Å². The van der Waals surface area contributed by atoms with Gasteiger partial charge in [-0.05, 0) is 116 Å². The number of amides is 6. The molecule has 316 valence electrons. The van der Waals surface area contributed by atoms with Crippen molar-refractivity contribution in [3.63, 3.8) is 0 Å². The van der Waals surface area contributed by atoms with E-state index in [0.29, 0.717) is 47.7 Å². The number of likely N-dealkylation sites (tertiary alicyclic amines) is 1. The number of ether oxygens (including phenoxy) is 2. The van der Waals surface area contributed by atoms with Crippen LogP contribution in [0.15, 0.2) is 35.3 Å². The Kier molecular flexibility index (Phi) is 10.3. The van der Waals surface area contributed by atoms with Crippen LogP contribution in [0.2, 0.25) is 0 Å². The Morgan fingerprint density at radius 1 is 0.800 bits per heavy atom. The van der Waals surface area contributed by atoms with Crippen LogP contribution >= 0.6 is 0 Å². The Hall–Kier alpha value is -5.54. The number of carbonyl (C=O) groups excluding carboxylic acids is 5. The van der Waals surface area contributed by atoms with Gasteiger partial charge in [0.2, 0.25) is 11.8 Å². The number of carbonyl (C=O) groups is 5. The van der Waals surface area contributed by atoms with Crippen LogP contribution in [0.25, 0.3) is 11.1 Å². The molecule has 2 aromatic carbocycles. The summed E-state index contributed by atoms with van der Waals surface area (Å²) in [6, 6.07) is 7.08. The number of pyridine rings is 1. The number of benzene rings is 2. The molecule has 1 aliphatic carbocycles. The second-order valence-corrected chi connectivity index (χ2v) is 17.5. The van der Waals surface area contributed by atoms with Crippen molar-refractivity contribution in [2.24, 2.45) is 12.5 Å². The maximum Gasteiger partial charge on any atom is 0.317 e. The molecule has 1 unspecified atom stereocenters. The van der Waals surface area contributed by atoms with Gasteiger partial charge in [-0.15, -0.1) is 0 Å². The number of imide groups is 2. The van der Waals surface area contributed by atoms with E-state index < -0.39 is 23.8 Å². The maximum absolute atomic E-state index is 13.4. The van der Waals surface area contributed by atoms with E-state index in [4.69, 9.17) is 9.47 Å². The van der Waals surface area contributed by atoms with Crippen LogP contribution in [0.5, 0.6) is 11.5 Å². The lowest BCUT2D eigenvalue weighted by Gasteiger charge is -2.47. The summed E-state index contributed by atoms with van der Waals surface area (Å²) < 4.78 is 13.6. The topological polar surface area (TPSA) is 163 Å². The lowest BCUT2D eigenvalue weighted by molar-refractivity contribution is -0.136. The molecule has 0 bridgehead atoms. The highest BCUT2D eigenvalue weighted by atomic mass is 16.5. The molecule has 1 spiro atoms. The monoisotopic (exact) mass is 819 g/mol. The second kappa shape index (κ2) is 15.5. The molecule has 2 saturated heterocycles. The van der Waals surface area contributed by atoms with Gasteiger partial charge in [-0.25, -0.2) is 4.79 Å². The summed E-state index contributed by atoms with van der Waals surface area (Å²) in [6.45, 7) is 4.91. The van der Waals surface area contributed by atoms with Gasteiger partial charge in [0.15, 0.2) is 0 Å². The number of rotatable bonds is 7. The van der Waals surface area contributed by atoms with Crippen molar-refractivity contribution in [1.29, 1.82) is 0 Å². The van der Waals surface area contributed by atoms with Crippen molar-refractivity contribution in [3.8, 4) is 22.6 Å². The van der Waals surface area contributed by atoms with E-state index in [2.05, 4.69) is 20.4 Å². The Bertz CT molecular complexity index is 2300. The summed E-state index contributed by atoms with van der Waals surface area (Å²) >= 11 is 0. The number of aryl methyl sites for hydroxylation is 1. The average molecular weight is 820 g/mol. The van der Waals surface area contributed by atoms with Gasteiger partial charge in [0.25, 0.3) is 17.4 Å². The molecule has 6 amide bonds. The maximum atomic E-state index is 13.4. The smallest absolute Gasteiger partial charge is 0.317 e. The number of urea groups is 1. The van der Waals surface area contributed by atoms with Crippen LogP contribution in [0.1, 0.15) is 99.9 Å². The minimum absolute atomic E-state index is 0.0981. The van der Waals surface area contributed by atoms with Crippen molar-refractivity contribution in [1.82, 2.24) is 34.8 Å². The van der Waals surface area contributed by atoms with E-state index in [9.17, 15) is 28.8 Å². The summed E-state index contributed by atoms with van der Waals surface area (Å²) in [5, 5.41) is 4.94. The first-order valence-corrected chi connectivity index (χ1v) is 21.2.